The van der Waals surface area contributed by atoms with Gasteiger partial charge in [-0.25, -0.2) is 9.97 Å². The summed E-state index contributed by atoms with van der Waals surface area (Å²) < 4.78 is 1.87. The molecule has 18 heavy (non-hydrogen) atoms. The van der Waals surface area contributed by atoms with E-state index in [1.807, 2.05) is 10.9 Å². The summed E-state index contributed by atoms with van der Waals surface area (Å²) in [5, 5.41) is 12.1. The van der Waals surface area contributed by atoms with Crippen LogP contribution in [0, 0.1) is 0 Å². The summed E-state index contributed by atoms with van der Waals surface area (Å²) in [5.41, 5.74) is 8.13. The van der Waals surface area contributed by atoms with E-state index < -0.39 is 0 Å². The van der Waals surface area contributed by atoms with Crippen molar-refractivity contribution < 1.29 is 0 Å². The molecule has 0 bridgehead atoms. The fourth-order valence-corrected chi connectivity index (χ4v) is 1.83. The van der Waals surface area contributed by atoms with E-state index in [-0.39, 0.29) is 0 Å². The molecule has 7 nitrogen and oxygen atoms in total. The molecule has 3 N–H and O–H groups in total. The Hall–Kier alpha value is -2.44. The van der Waals surface area contributed by atoms with E-state index in [9.17, 15) is 0 Å². The van der Waals surface area contributed by atoms with Crippen molar-refractivity contribution in [2.75, 3.05) is 5.73 Å². The Morgan fingerprint density at radius 1 is 1.33 bits per heavy atom. The molecule has 0 saturated heterocycles. The van der Waals surface area contributed by atoms with Crippen LogP contribution in [0.5, 0.6) is 0 Å². The number of nitrogens with two attached hydrogens (primary N) is 1. The molecule has 0 unspecified atom stereocenters. The highest BCUT2D eigenvalue weighted by molar-refractivity contribution is 5.97. The van der Waals surface area contributed by atoms with Crippen molar-refractivity contribution in [1.29, 1.82) is 0 Å². The normalized spacial score (nSPS) is 11.5. The van der Waals surface area contributed by atoms with Crippen LogP contribution in [0.1, 0.15) is 19.9 Å². The number of fused-ring (bicyclic) bond motifs is 1. The first kappa shape index (κ1) is 10.7. The first-order valence-electron chi connectivity index (χ1n) is 5.66. The van der Waals surface area contributed by atoms with Gasteiger partial charge in [0.25, 0.3) is 0 Å². The Morgan fingerprint density at radius 3 is 2.89 bits per heavy atom. The second kappa shape index (κ2) is 3.80. The lowest BCUT2D eigenvalue weighted by molar-refractivity contribution is 0.532. The summed E-state index contributed by atoms with van der Waals surface area (Å²) >= 11 is 0. The first-order chi connectivity index (χ1) is 8.66. The van der Waals surface area contributed by atoms with Gasteiger partial charge in [0.05, 0.1) is 11.6 Å². The number of hydrogen-bond acceptors (Lipinski definition) is 5. The number of rotatable bonds is 2. The van der Waals surface area contributed by atoms with Gasteiger partial charge in [-0.3, -0.25) is 9.78 Å². The molecule has 3 aromatic heterocycles. The van der Waals surface area contributed by atoms with Crippen LogP contribution in [0.4, 0.5) is 5.82 Å². The number of nitrogen functional groups attached to an aromatic ring is 1. The molecule has 0 atom stereocenters. The SMILES string of the molecule is CC(C)n1cc(-c2n[nH]c3ncnc(N)c23)cn1. The molecule has 0 amide bonds. The number of anilines is 1. The lowest BCUT2D eigenvalue weighted by atomic mass is 10.2. The topological polar surface area (TPSA) is 98.3 Å². The molecule has 3 aromatic rings. The van der Waals surface area contributed by atoms with E-state index in [1.165, 1.54) is 6.33 Å². The molecule has 0 spiro atoms. The lowest BCUT2D eigenvalue weighted by Crippen LogP contribution is -1.99. The molecule has 3 rings (SSSR count). The number of nitrogens with zero attached hydrogens (tertiary/aromatic N) is 5. The maximum absolute atomic E-state index is 5.87. The monoisotopic (exact) mass is 243 g/mol. The third-order valence-electron chi connectivity index (χ3n) is 2.79. The smallest absolute Gasteiger partial charge is 0.161 e. The van der Waals surface area contributed by atoms with Crippen LogP contribution < -0.4 is 5.73 Å². The van der Waals surface area contributed by atoms with Gasteiger partial charge in [-0.2, -0.15) is 10.2 Å². The van der Waals surface area contributed by atoms with Gasteiger partial charge in [0, 0.05) is 17.8 Å². The van der Waals surface area contributed by atoms with Crippen LogP contribution in [0.25, 0.3) is 22.3 Å². The van der Waals surface area contributed by atoms with E-state index >= 15 is 0 Å². The Balaban J connectivity index is 2.19. The lowest BCUT2D eigenvalue weighted by Gasteiger charge is -2.02. The second-order valence-corrected chi connectivity index (χ2v) is 4.36. The average molecular weight is 243 g/mol. The summed E-state index contributed by atoms with van der Waals surface area (Å²) in [5.74, 6) is 0.418. The molecule has 3 heterocycles. The van der Waals surface area contributed by atoms with Gasteiger partial charge in [-0.15, -0.1) is 0 Å². The molecular weight excluding hydrogens is 230 g/mol. The second-order valence-electron chi connectivity index (χ2n) is 4.36. The summed E-state index contributed by atoms with van der Waals surface area (Å²) in [6.07, 6.45) is 5.12. The Bertz CT molecular complexity index is 694. The Kier molecular flexibility index (Phi) is 2.26. The van der Waals surface area contributed by atoms with Gasteiger partial charge in [0.2, 0.25) is 0 Å². The van der Waals surface area contributed by atoms with Crippen LogP contribution in [-0.2, 0) is 0 Å². The largest absolute Gasteiger partial charge is 0.383 e. The Labute approximate surface area is 103 Å². The van der Waals surface area contributed by atoms with Gasteiger partial charge in [-0.1, -0.05) is 0 Å². The predicted molar refractivity (Wildman–Crippen MR) is 67.7 cm³/mol. The zero-order chi connectivity index (χ0) is 12.7. The van der Waals surface area contributed by atoms with Crippen molar-refractivity contribution >= 4 is 16.9 Å². The molecule has 92 valence electrons. The molecule has 0 aromatic carbocycles. The highest BCUT2D eigenvalue weighted by Gasteiger charge is 2.14. The number of aromatic nitrogens is 6. The van der Waals surface area contributed by atoms with Crippen LogP contribution in [-0.4, -0.2) is 29.9 Å². The number of H-pyrrole nitrogens is 1. The van der Waals surface area contributed by atoms with Crippen molar-refractivity contribution in [3.63, 3.8) is 0 Å². The minimum absolute atomic E-state index is 0.303. The number of hydrogen-bond donors (Lipinski definition) is 2. The number of nitrogens with one attached hydrogen (secondary N) is 1. The third kappa shape index (κ3) is 1.52. The van der Waals surface area contributed by atoms with Gasteiger partial charge in [0.15, 0.2) is 5.65 Å². The maximum Gasteiger partial charge on any atom is 0.161 e. The van der Waals surface area contributed by atoms with Gasteiger partial charge >= 0.3 is 0 Å². The average Bonchev–Trinajstić information content (AvgIpc) is 2.94. The van der Waals surface area contributed by atoms with Crippen molar-refractivity contribution in [3.05, 3.63) is 18.7 Å². The molecule has 0 aliphatic carbocycles. The molecule has 7 heteroatoms. The zero-order valence-corrected chi connectivity index (χ0v) is 10.1. The molecular formula is C11H13N7. The number of aromatic amines is 1. The molecule has 0 radical (unpaired) electrons. The first-order valence-corrected chi connectivity index (χ1v) is 5.66. The van der Waals surface area contributed by atoms with E-state index in [1.54, 1.807) is 6.20 Å². The zero-order valence-electron chi connectivity index (χ0n) is 10.1. The molecule has 0 aliphatic rings. The fourth-order valence-electron chi connectivity index (χ4n) is 1.83. The van der Waals surface area contributed by atoms with Crippen LogP contribution in [0.2, 0.25) is 0 Å². The van der Waals surface area contributed by atoms with Crippen molar-refractivity contribution in [2.45, 2.75) is 19.9 Å². The van der Waals surface area contributed by atoms with E-state index in [2.05, 4.69) is 39.1 Å². The van der Waals surface area contributed by atoms with Crippen LogP contribution >= 0.6 is 0 Å². The van der Waals surface area contributed by atoms with E-state index in [0.717, 1.165) is 16.6 Å². The third-order valence-corrected chi connectivity index (χ3v) is 2.79. The van der Waals surface area contributed by atoms with Crippen molar-refractivity contribution in [2.24, 2.45) is 0 Å². The highest BCUT2D eigenvalue weighted by atomic mass is 15.3. The quantitative estimate of drug-likeness (QED) is 0.708. The van der Waals surface area contributed by atoms with Crippen LogP contribution in [0.15, 0.2) is 18.7 Å². The van der Waals surface area contributed by atoms with Crippen LogP contribution in [0.3, 0.4) is 0 Å². The van der Waals surface area contributed by atoms with Gasteiger partial charge < -0.3 is 5.73 Å². The van der Waals surface area contributed by atoms with Gasteiger partial charge in [0.1, 0.15) is 17.8 Å². The summed E-state index contributed by atoms with van der Waals surface area (Å²) in [7, 11) is 0. The molecule has 0 aliphatic heterocycles. The molecule has 0 fully saturated rings. The minimum Gasteiger partial charge on any atom is -0.383 e. The summed E-state index contributed by atoms with van der Waals surface area (Å²) in [6, 6.07) is 0.303. The van der Waals surface area contributed by atoms with Crippen molar-refractivity contribution in [1.82, 2.24) is 29.9 Å². The van der Waals surface area contributed by atoms with Gasteiger partial charge in [-0.05, 0) is 13.8 Å². The predicted octanol–water partition coefficient (Wildman–Crippen LogP) is 1.38. The molecule has 0 saturated carbocycles. The standard InChI is InChI=1S/C11H13N7/c1-6(2)18-4-7(3-15-18)9-8-10(12)13-5-14-11(8)17-16-9/h3-6H,1-2H3,(H3,12,13,14,16,17). The summed E-state index contributed by atoms with van der Waals surface area (Å²) in [6.45, 7) is 4.13. The highest BCUT2D eigenvalue weighted by Crippen LogP contribution is 2.28. The van der Waals surface area contributed by atoms with E-state index in [0.29, 0.717) is 17.5 Å². The Morgan fingerprint density at radius 2 is 2.17 bits per heavy atom. The summed E-state index contributed by atoms with van der Waals surface area (Å²) in [4.78, 5) is 8.08. The van der Waals surface area contributed by atoms with Crippen molar-refractivity contribution in [3.8, 4) is 11.3 Å². The maximum atomic E-state index is 5.87. The fraction of sp³-hybridized carbons (Fsp3) is 0.273. The minimum atomic E-state index is 0.303. The van der Waals surface area contributed by atoms with E-state index in [4.69, 9.17) is 5.73 Å².